The van der Waals surface area contributed by atoms with Crippen molar-refractivity contribution >= 4 is 10.0 Å². The molecule has 0 radical (unpaired) electrons. The fourth-order valence-electron chi connectivity index (χ4n) is 2.89. The predicted octanol–water partition coefficient (Wildman–Crippen LogP) is 2.30. The molecule has 0 saturated heterocycles. The van der Waals surface area contributed by atoms with Crippen LogP contribution in [0, 0.1) is 0 Å². The van der Waals surface area contributed by atoms with Gasteiger partial charge in [-0.1, -0.05) is 25.8 Å². The summed E-state index contributed by atoms with van der Waals surface area (Å²) in [5.74, 6) is 0. The van der Waals surface area contributed by atoms with E-state index in [-0.39, 0.29) is 17.5 Å². The summed E-state index contributed by atoms with van der Waals surface area (Å²) in [5, 5.41) is 9.38. The van der Waals surface area contributed by atoms with Crippen LogP contribution in [0.1, 0.15) is 43.7 Å². The van der Waals surface area contributed by atoms with Crippen molar-refractivity contribution in [2.75, 3.05) is 7.05 Å². The minimum absolute atomic E-state index is 0.114. The van der Waals surface area contributed by atoms with Crippen LogP contribution in [0.2, 0.25) is 0 Å². The molecule has 1 aromatic carbocycles. The Bertz CT molecular complexity index is 562. The molecule has 112 valence electrons. The topological polar surface area (TPSA) is 57.6 Å². The highest BCUT2D eigenvalue weighted by Crippen LogP contribution is 2.28. The van der Waals surface area contributed by atoms with Gasteiger partial charge in [-0.2, -0.15) is 4.31 Å². The molecule has 0 amide bonds. The van der Waals surface area contributed by atoms with Crippen molar-refractivity contribution in [2.45, 2.75) is 56.6 Å². The third-order valence-corrected chi connectivity index (χ3v) is 6.15. The summed E-state index contributed by atoms with van der Waals surface area (Å²) in [6.07, 6.45) is 4.86. The summed E-state index contributed by atoms with van der Waals surface area (Å²) < 4.78 is 26.8. The molecule has 1 aromatic rings. The summed E-state index contributed by atoms with van der Waals surface area (Å²) in [5.41, 5.74) is 1.70. The number of sulfonamides is 1. The van der Waals surface area contributed by atoms with E-state index in [0.29, 0.717) is 5.56 Å². The molecule has 20 heavy (non-hydrogen) atoms. The van der Waals surface area contributed by atoms with E-state index in [4.69, 9.17) is 0 Å². The number of benzene rings is 1. The van der Waals surface area contributed by atoms with Gasteiger partial charge in [0.1, 0.15) is 0 Å². The molecule has 0 atom stereocenters. The van der Waals surface area contributed by atoms with Crippen LogP contribution in [0.4, 0.5) is 0 Å². The van der Waals surface area contributed by atoms with Gasteiger partial charge in [-0.25, -0.2) is 8.42 Å². The van der Waals surface area contributed by atoms with E-state index in [9.17, 15) is 13.5 Å². The zero-order valence-corrected chi connectivity index (χ0v) is 13.0. The van der Waals surface area contributed by atoms with Crippen molar-refractivity contribution in [1.29, 1.82) is 0 Å². The van der Waals surface area contributed by atoms with Crippen molar-refractivity contribution in [2.24, 2.45) is 0 Å². The van der Waals surface area contributed by atoms with Gasteiger partial charge in [-0.15, -0.1) is 0 Å². The van der Waals surface area contributed by atoms with Crippen molar-refractivity contribution in [3.63, 3.8) is 0 Å². The first-order valence-electron chi connectivity index (χ1n) is 7.21. The van der Waals surface area contributed by atoms with Gasteiger partial charge in [0.25, 0.3) is 0 Å². The molecule has 5 heteroatoms. The van der Waals surface area contributed by atoms with Crippen molar-refractivity contribution in [3.8, 4) is 0 Å². The van der Waals surface area contributed by atoms with Crippen LogP contribution in [0.3, 0.4) is 0 Å². The number of hydrogen-bond donors (Lipinski definition) is 1. The Morgan fingerprint density at radius 1 is 1.25 bits per heavy atom. The fraction of sp³-hybridized carbons (Fsp3) is 0.600. The molecule has 0 spiro atoms. The molecule has 4 nitrogen and oxygen atoms in total. The monoisotopic (exact) mass is 297 g/mol. The van der Waals surface area contributed by atoms with Crippen LogP contribution in [0.5, 0.6) is 0 Å². The summed E-state index contributed by atoms with van der Waals surface area (Å²) in [6, 6.07) is 5.18. The Morgan fingerprint density at radius 3 is 2.45 bits per heavy atom. The molecule has 0 aliphatic heterocycles. The summed E-state index contributed by atoms with van der Waals surface area (Å²) >= 11 is 0. The molecular weight excluding hydrogens is 274 g/mol. The average Bonchev–Trinajstić information content (AvgIpc) is 2.99. The molecule has 0 heterocycles. The van der Waals surface area contributed by atoms with Gasteiger partial charge in [-0.05, 0) is 42.5 Å². The Hall–Kier alpha value is -0.910. The zero-order valence-electron chi connectivity index (χ0n) is 12.2. The quantitative estimate of drug-likeness (QED) is 0.907. The smallest absolute Gasteiger partial charge is 0.243 e. The van der Waals surface area contributed by atoms with E-state index in [2.05, 4.69) is 0 Å². The molecule has 1 aliphatic carbocycles. The van der Waals surface area contributed by atoms with Crippen LogP contribution in [0.25, 0.3) is 0 Å². The first-order chi connectivity index (χ1) is 9.50. The number of aryl methyl sites for hydroxylation is 1. The highest BCUT2D eigenvalue weighted by molar-refractivity contribution is 7.89. The second-order valence-corrected chi connectivity index (χ2v) is 7.40. The summed E-state index contributed by atoms with van der Waals surface area (Å²) in [4.78, 5) is 0.285. The van der Waals surface area contributed by atoms with E-state index in [0.717, 1.165) is 37.7 Å². The molecule has 0 aromatic heterocycles. The number of nitrogens with zero attached hydrogens (tertiary/aromatic N) is 1. The number of rotatable bonds is 5. The van der Waals surface area contributed by atoms with E-state index < -0.39 is 10.0 Å². The van der Waals surface area contributed by atoms with Gasteiger partial charge in [0.15, 0.2) is 0 Å². The minimum Gasteiger partial charge on any atom is -0.392 e. The molecule has 1 fully saturated rings. The standard InChI is InChI=1S/C15H23NO3S/c1-3-12-8-9-15(10-13(12)11-17)20(18,19)16(2)14-6-4-5-7-14/h8-10,14,17H,3-7,11H2,1-2H3. The largest absolute Gasteiger partial charge is 0.392 e. The minimum atomic E-state index is -3.46. The molecule has 1 aliphatic rings. The molecule has 1 N–H and O–H groups in total. The molecule has 0 bridgehead atoms. The van der Waals surface area contributed by atoms with Crippen molar-refractivity contribution < 1.29 is 13.5 Å². The molecular formula is C15H23NO3S. The number of aliphatic hydroxyl groups excluding tert-OH is 1. The predicted molar refractivity (Wildman–Crippen MR) is 78.9 cm³/mol. The van der Waals surface area contributed by atoms with Gasteiger partial charge in [0.2, 0.25) is 10.0 Å². The summed E-state index contributed by atoms with van der Waals surface area (Å²) in [7, 11) is -1.79. The highest BCUT2D eigenvalue weighted by atomic mass is 32.2. The van der Waals surface area contributed by atoms with Crippen molar-refractivity contribution in [1.82, 2.24) is 4.31 Å². The van der Waals surface area contributed by atoms with E-state index in [1.54, 1.807) is 25.2 Å². The maximum absolute atomic E-state index is 12.6. The fourth-order valence-corrected chi connectivity index (χ4v) is 4.35. The van der Waals surface area contributed by atoms with Gasteiger partial charge in [0, 0.05) is 13.1 Å². The number of hydrogen-bond acceptors (Lipinski definition) is 3. The SMILES string of the molecule is CCc1ccc(S(=O)(=O)N(C)C2CCCC2)cc1CO. The van der Waals surface area contributed by atoms with Crippen LogP contribution >= 0.6 is 0 Å². The maximum Gasteiger partial charge on any atom is 0.243 e. The van der Waals surface area contributed by atoms with Gasteiger partial charge in [-0.3, -0.25) is 0 Å². The first kappa shape index (κ1) is 15.5. The van der Waals surface area contributed by atoms with Crippen LogP contribution in [0.15, 0.2) is 23.1 Å². The average molecular weight is 297 g/mol. The Labute approximate surface area is 121 Å². The lowest BCUT2D eigenvalue weighted by molar-refractivity contribution is 0.280. The lowest BCUT2D eigenvalue weighted by atomic mass is 10.1. The molecule has 2 rings (SSSR count). The van der Waals surface area contributed by atoms with Crippen LogP contribution < -0.4 is 0 Å². The van der Waals surface area contributed by atoms with Gasteiger partial charge >= 0.3 is 0 Å². The van der Waals surface area contributed by atoms with Gasteiger partial charge < -0.3 is 5.11 Å². The summed E-state index contributed by atoms with van der Waals surface area (Å²) in [6.45, 7) is 1.87. The Morgan fingerprint density at radius 2 is 1.90 bits per heavy atom. The van der Waals surface area contributed by atoms with Crippen LogP contribution in [-0.4, -0.2) is 30.9 Å². The van der Waals surface area contributed by atoms with Gasteiger partial charge in [0.05, 0.1) is 11.5 Å². The normalized spacial score (nSPS) is 17.0. The second-order valence-electron chi connectivity index (χ2n) is 5.40. The third-order valence-electron chi connectivity index (χ3n) is 4.24. The highest BCUT2D eigenvalue weighted by Gasteiger charge is 2.30. The molecule has 1 saturated carbocycles. The second kappa shape index (κ2) is 6.24. The van der Waals surface area contributed by atoms with E-state index in [1.807, 2.05) is 6.92 Å². The maximum atomic E-state index is 12.6. The number of aliphatic hydroxyl groups is 1. The first-order valence-corrected chi connectivity index (χ1v) is 8.65. The third kappa shape index (κ3) is 2.90. The van der Waals surface area contributed by atoms with Crippen molar-refractivity contribution in [3.05, 3.63) is 29.3 Å². The van der Waals surface area contributed by atoms with E-state index in [1.165, 1.54) is 4.31 Å². The zero-order chi connectivity index (χ0) is 14.8. The Balaban J connectivity index is 2.33. The van der Waals surface area contributed by atoms with Crippen LogP contribution in [-0.2, 0) is 23.1 Å². The lowest BCUT2D eigenvalue weighted by Crippen LogP contribution is -2.35. The molecule has 0 unspecified atom stereocenters. The lowest BCUT2D eigenvalue weighted by Gasteiger charge is -2.24. The van der Waals surface area contributed by atoms with E-state index >= 15 is 0 Å². The Kier molecular flexibility index (Phi) is 4.83.